The number of benzene rings is 1. The van der Waals surface area contributed by atoms with E-state index < -0.39 is 5.82 Å². The van der Waals surface area contributed by atoms with E-state index in [2.05, 4.69) is 24.8 Å². The summed E-state index contributed by atoms with van der Waals surface area (Å²) >= 11 is 0. The van der Waals surface area contributed by atoms with Gasteiger partial charge in [0, 0.05) is 11.5 Å². The Morgan fingerprint density at radius 1 is 1.39 bits per heavy atom. The van der Waals surface area contributed by atoms with Crippen LogP contribution in [0.5, 0.6) is 5.75 Å². The third-order valence-electron chi connectivity index (χ3n) is 2.25. The van der Waals surface area contributed by atoms with Gasteiger partial charge in [-0.1, -0.05) is 26.2 Å². The maximum atomic E-state index is 13.3. The largest absolute Gasteiger partial charge is 0.508 e. The number of nitrogens with zero attached hydrogens (tertiary/aromatic N) is 1. The average molecular weight is 245 g/mol. The van der Waals surface area contributed by atoms with Gasteiger partial charge in [0.15, 0.2) is 5.82 Å². The molecule has 3 heteroatoms. The summed E-state index contributed by atoms with van der Waals surface area (Å²) in [6.07, 6.45) is 7.56. The molecule has 0 saturated heterocycles. The first kappa shape index (κ1) is 14.0. The van der Waals surface area contributed by atoms with Crippen LogP contribution in [-0.2, 0) is 0 Å². The summed E-state index contributed by atoms with van der Waals surface area (Å²) in [6, 6.07) is 2.99. The number of fused-ring (bicyclic) bond motifs is 1. The Balaban J connectivity index is 0.000000492. The fourth-order valence-corrected chi connectivity index (χ4v) is 1.63. The average Bonchev–Trinajstić information content (AvgIpc) is 2.30. The topological polar surface area (TPSA) is 33.1 Å². The monoisotopic (exact) mass is 245 g/mol. The second-order valence-corrected chi connectivity index (χ2v) is 3.99. The van der Waals surface area contributed by atoms with Gasteiger partial charge in [0.1, 0.15) is 5.75 Å². The van der Waals surface area contributed by atoms with Gasteiger partial charge >= 0.3 is 0 Å². The molecule has 2 rings (SSSR count). The van der Waals surface area contributed by atoms with Crippen LogP contribution >= 0.6 is 0 Å². The van der Waals surface area contributed by atoms with Gasteiger partial charge in [-0.2, -0.15) is 0 Å². The Morgan fingerprint density at radius 2 is 2.00 bits per heavy atom. The van der Waals surface area contributed by atoms with Crippen molar-refractivity contribution in [1.82, 2.24) is 4.98 Å². The van der Waals surface area contributed by atoms with Gasteiger partial charge in [-0.25, -0.2) is 4.39 Å². The van der Waals surface area contributed by atoms with E-state index in [9.17, 15) is 9.50 Å². The summed E-state index contributed by atoms with van der Waals surface area (Å²) in [5.41, 5.74) is 1.41. The molecule has 0 atom stereocenters. The van der Waals surface area contributed by atoms with E-state index in [0.29, 0.717) is 16.5 Å². The zero-order chi connectivity index (χ0) is 13.7. The van der Waals surface area contributed by atoms with Crippen molar-refractivity contribution in [2.45, 2.75) is 27.2 Å². The van der Waals surface area contributed by atoms with Crippen molar-refractivity contribution in [2.24, 2.45) is 0 Å². The quantitative estimate of drug-likeness (QED) is 0.716. The van der Waals surface area contributed by atoms with Crippen molar-refractivity contribution in [3.8, 4) is 18.1 Å². The number of phenolic OH excluding ortho intramolecular Hbond substituents is 1. The van der Waals surface area contributed by atoms with E-state index >= 15 is 0 Å². The molecule has 18 heavy (non-hydrogen) atoms. The summed E-state index contributed by atoms with van der Waals surface area (Å²) in [5, 5.41) is 9.94. The molecule has 0 spiro atoms. The lowest BCUT2D eigenvalue weighted by Gasteiger charge is -2.05. The summed E-state index contributed by atoms with van der Waals surface area (Å²) in [4.78, 5) is 3.88. The smallest absolute Gasteiger partial charge is 0.157 e. The Bertz CT molecular complexity index is 599. The summed E-state index contributed by atoms with van der Waals surface area (Å²) in [7, 11) is 0. The van der Waals surface area contributed by atoms with E-state index in [0.717, 1.165) is 6.20 Å². The number of terminal acetylenes is 1. The summed E-state index contributed by atoms with van der Waals surface area (Å²) in [5.74, 6) is 1.89. The van der Waals surface area contributed by atoms with Crippen LogP contribution in [-0.4, -0.2) is 10.1 Å². The van der Waals surface area contributed by atoms with Crippen molar-refractivity contribution in [3.05, 3.63) is 35.3 Å². The number of aromatic nitrogens is 1. The maximum absolute atomic E-state index is 13.3. The van der Waals surface area contributed by atoms with Crippen LogP contribution < -0.4 is 0 Å². The van der Waals surface area contributed by atoms with Crippen LogP contribution in [0.1, 0.15) is 31.4 Å². The standard InChI is InChI=1S/C12H8FNO.C3H8/c1-3-9-10(13)6-14-11-5-8(15)4-7(2)12(9)11;1-3-2/h1,4-6,15H,2H3;3H2,1-2H3. The molecule has 2 aromatic rings. The zero-order valence-corrected chi connectivity index (χ0v) is 10.8. The molecule has 0 aliphatic heterocycles. The molecule has 0 saturated carbocycles. The second kappa shape index (κ2) is 6.02. The molecule has 94 valence electrons. The van der Waals surface area contributed by atoms with E-state index in [1.807, 2.05) is 0 Å². The minimum Gasteiger partial charge on any atom is -0.508 e. The highest BCUT2D eigenvalue weighted by Gasteiger charge is 2.09. The third kappa shape index (κ3) is 2.78. The minimum atomic E-state index is -0.515. The van der Waals surface area contributed by atoms with Gasteiger partial charge < -0.3 is 5.11 Å². The maximum Gasteiger partial charge on any atom is 0.157 e. The minimum absolute atomic E-state index is 0.0991. The molecule has 1 aromatic carbocycles. The van der Waals surface area contributed by atoms with Gasteiger partial charge in [-0.15, -0.1) is 6.42 Å². The van der Waals surface area contributed by atoms with Gasteiger partial charge in [-0.3, -0.25) is 4.98 Å². The number of hydrogen-bond donors (Lipinski definition) is 1. The molecule has 0 aliphatic rings. The predicted molar refractivity (Wildman–Crippen MR) is 72.0 cm³/mol. The third-order valence-corrected chi connectivity index (χ3v) is 2.25. The highest BCUT2D eigenvalue weighted by Crippen LogP contribution is 2.26. The Kier molecular flexibility index (Phi) is 4.67. The van der Waals surface area contributed by atoms with Crippen molar-refractivity contribution < 1.29 is 9.50 Å². The first-order chi connectivity index (χ1) is 8.54. The number of aromatic hydroxyl groups is 1. The van der Waals surface area contributed by atoms with Crippen molar-refractivity contribution in [1.29, 1.82) is 0 Å². The van der Waals surface area contributed by atoms with Crippen molar-refractivity contribution in [2.75, 3.05) is 0 Å². The normalized spacial score (nSPS) is 9.50. The molecule has 1 N–H and O–H groups in total. The molecule has 0 aliphatic carbocycles. The lowest BCUT2D eigenvalue weighted by molar-refractivity contribution is 0.475. The van der Waals surface area contributed by atoms with Gasteiger partial charge in [0.2, 0.25) is 0 Å². The van der Waals surface area contributed by atoms with Crippen molar-refractivity contribution >= 4 is 10.9 Å². The number of pyridine rings is 1. The molecule has 0 bridgehead atoms. The number of hydrogen-bond acceptors (Lipinski definition) is 2. The molecule has 0 unspecified atom stereocenters. The van der Waals surface area contributed by atoms with Crippen molar-refractivity contribution in [3.63, 3.8) is 0 Å². The van der Waals surface area contributed by atoms with Gasteiger partial charge in [-0.05, 0) is 18.6 Å². The van der Waals surface area contributed by atoms with Crippen LogP contribution in [0, 0.1) is 25.1 Å². The lowest BCUT2D eigenvalue weighted by Crippen LogP contribution is -1.92. The van der Waals surface area contributed by atoms with E-state index in [4.69, 9.17) is 6.42 Å². The molecular weight excluding hydrogens is 229 g/mol. The van der Waals surface area contributed by atoms with Gasteiger partial charge in [0.05, 0.1) is 17.3 Å². The number of aryl methyl sites for hydroxylation is 1. The summed E-state index contributed by atoms with van der Waals surface area (Å²) < 4.78 is 13.3. The molecule has 2 nitrogen and oxygen atoms in total. The van der Waals surface area contributed by atoms with Crippen LogP contribution in [0.15, 0.2) is 18.3 Å². The SMILES string of the molecule is C#Cc1c(F)cnc2cc(O)cc(C)c12.CCC. The van der Waals surface area contributed by atoms with E-state index in [1.54, 1.807) is 6.92 Å². The Hall–Kier alpha value is -2.08. The first-order valence-electron chi connectivity index (χ1n) is 5.79. The van der Waals surface area contributed by atoms with Crippen LogP contribution in [0.2, 0.25) is 0 Å². The summed E-state index contributed by atoms with van der Waals surface area (Å²) in [6.45, 7) is 6.00. The fraction of sp³-hybridized carbons (Fsp3) is 0.267. The van der Waals surface area contributed by atoms with Crippen LogP contribution in [0.3, 0.4) is 0 Å². The Morgan fingerprint density at radius 3 is 2.56 bits per heavy atom. The molecule has 0 amide bonds. The number of phenols is 1. The lowest BCUT2D eigenvalue weighted by atomic mass is 10.0. The van der Waals surface area contributed by atoms with Crippen LogP contribution in [0.25, 0.3) is 10.9 Å². The number of halogens is 1. The molecule has 0 fully saturated rings. The zero-order valence-electron chi connectivity index (χ0n) is 10.8. The molecule has 1 aromatic heterocycles. The highest BCUT2D eigenvalue weighted by atomic mass is 19.1. The molecular formula is C15H16FNO. The van der Waals surface area contributed by atoms with Crippen LogP contribution in [0.4, 0.5) is 4.39 Å². The predicted octanol–water partition coefficient (Wildman–Crippen LogP) is 3.79. The second-order valence-electron chi connectivity index (χ2n) is 3.99. The van der Waals surface area contributed by atoms with Gasteiger partial charge in [0.25, 0.3) is 0 Å². The number of rotatable bonds is 0. The molecule has 1 heterocycles. The van der Waals surface area contributed by atoms with E-state index in [-0.39, 0.29) is 11.3 Å². The van der Waals surface area contributed by atoms with E-state index in [1.165, 1.54) is 18.6 Å². The Labute approximate surface area is 106 Å². The first-order valence-corrected chi connectivity index (χ1v) is 5.79. The molecule has 0 radical (unpaired) electrons. The highest BCUT2D eigenvalue weighted by molar-refractivity contribution is 5.89. The fourth-order valence-electron chi connectivity index (χ4n) is 1.63.